The van der Waals surface area contributed by atoms with E-state index in [-0.39, 0.29) is 17.3 Å². The minimum atomic E-state index is -3.61. The molecule has 1 aliphatic heterocycles. The van der Waals surface area contributed by atoms with Crippen LogP contribution in [0.4, 0.5) is 5.69 Å². The third-order valence-electron chi connectivity index (χ3n) is 4.42. The lowest BCUT2D eigenvalue weighted by atomic mass is 10.2. The molecule has 0 radical (unpaired) electrons. The molecule has 30 heavy (non-hydrogen) atoms. The summed E-state index contributed by atoms with van der Waals surface area (Å²) in [7, 11) is -3.61. The van der Waals surface area contributed by atoms with Gasteiger partial charge in [0.1, 0.15) is 0 Å². The highest BCUT2D eigenvalue weighted by Crippen LogP contribution is 2.34. The summed E-state index contributed by atoms with van der Waals surface area (Å²) in [5.41, 5.74) is 0.621. The van der Waals surface area contributed by atoms with E-state index in [9.17, 15) is 18.0 Å². The minimum absolute atomic E-state index is 0.0864. The maximum atomic E-state index is 12.5. The van der Waals surface area contributed by atoms with E-state index in [2.05, 4.69) is 5.32 Å². The third-order valence-corrected chi connectivity index (χ3v) is 6.49. The predicted molar refractivity (Wildman–Crippen MR) is 108 cm³/mol. The summed E-state index contributed by atoms with van der Waals surface area (Å²) in [6.45, 7) is 3.83. The predicted octanol–water partition coefficient (Wildman–Crippen LogP) is 2.24. The van der Waals surface area contributed by atoms with Crippen molar-refractivity contribution in [2.45, 2.75) is 18.7 Å². The normalized spacial score (nSPS) is 12.6. The Morgan fingerprint density at radius 2 is 1.70 bits per heavy atom. The molecule has 9 nitrogen and oxygen atoms in total. The molecule has 0 unspecified atom stereocenters. The monoisotopic (exact) mass is 434 g/mol. The number of anilines is 1. The van der Waals surface area contributed by atoms with Crippen molar-refractivity contribution in [3.05, 3.63) is 48.0 Å². The minimum Gasteiger partial charge on any atom is -0.454 e. The molecule has 0 bridgehead atoms. The molecule has 3 rings (SSSR count). The number of rotatable bonds is 8. The first-order valence-electron chi connectivity index (χ1n) is 9.32. The van der Waals surface area contributed by atoms with Crippen molar-refractivity contribution in [3.63, 3.8) is 0 Å². The van der Waals surface area contributed by atoms with Crippen LogP contribution >= 0.6 is 0 Å². The molecule has 0 atom stereocenters. The Labute approximate surface area is 174 Å². The molecular formula is C20H22N2O7S. The molecule has 0 aliphatic carbocycles. The second kappa shape index (κ2) is 9.14. The van der Waals surface area contributed by atoms with Gasteiger partial charge in [-0.3, -0.25) is 4.79 Å². The van der Waals surface area contributed by atoms with E-state index >= 15 is 0 Å². The molecule has 0 fully saturated rings. The van der Waals surface area contributed by atoms with Crippen molar-refractivity contribution in [3.8, 4) is 11.5 Å². The zero-order valence-corrected chi connectivity index (χ0v) is 17.4. The van der Waals surface area contributed by atoms with Crippen LogP contribution in [0.2, 0.25) is 0 Å². The zero-order valence-electron chi connectivity index (χ0n) is 16.6. The Kier molecular flexibility index (Phi) is 6.58. The highest BCUT2D eigenvalue weighted by atomic mass is 32.2. The van der Waals surface area contributed by atoms with Crippen molar-refractivity contribution in [1.29, 1.82) is 0 Å². The van der Waals surface area contributed by atoms with Crippen LogP contribution in [0.3, 0.4) is 0 Å². The van der Waals surface area contributed by atoms with Gasteiger partial charge in [0.05, 0.1) is 10.5 Å². The number of sulfonamides is 1. The van der Waals surface area contributed by atoms with Gasteiger partial charge >= 0.3 is 5.97 Å². The molecule has 1 heterocycles. The van der Waals surface area contributed by atoms with E-state index in [1.165, 1.54) is 28.6 Å². The second-order valence-electron chi connectivity index (χ2n) is 6.31. The molecule has 0 aromatic heterocycles. The first kappa shape index (κ1) is 21.6. The number of benzene rings is 2. The number of hydrogen-bond acceptors (Lipinski definition) is 7. The zero-order chi connectivity index (χ0) is 21.7. The number of fused-ring (bicyclic) bond motifs is 1. The third kappa shape index (κ3) is 4.71. The van der Waals surface area contributed by atoms with Crippen molar-refractivity contribution in [1.82, 2.24) is 4.31 Å². The maximum Gasteiger partial charge on any atom is 0.338 e. The molecule has 0 saturated carbocycles. The maximum absolute atomic E-state index is 12.5. The van der Waals surface area contributed by atoms with Crippen LogP contribution in [0.5, 0.6) is 11.5 Å². The number of nitrogens with zero attached hydrogens (tertiary/aromatic N) is 1. The van der Waals surface area contributed by atoms with Gasteiger partial charge in [-0.05, 0) is 36.4 Å². The fraction of sp³-hybridized carbons (Fsp3) is 0.300. The fourth-order valence-electron chi connectivity index (χ4n) is 2.86. The lowest BCUT2D eigenvalue weighted by molar-refractivity contribution is -0.119. The number of hydrogen-bond donors (Lipinski definition) is 1. The van der Waals surface area contributed by atoms with E-state index in [4.69, 9.17) is 14.2 Å². The Hall–Kier alpha value is -3.11. The van der Waals surface area contributed by atoms with Crippen molar-refractivity contribution in [2.24, 2.45) is 0 Å². The van der Waals surface area contributed by atoms with Gasteiger partial charge < -0.3 is 19.5 Å². The Balaban J connectivity index is 1.56. The van der Waals surface area contributed by atoms with E-state index < -0.39 is 28.5 Å². The van der Waals surface area contributed by atoms with Gasteiger partial charge in [0.15, 0.2) is 18.1 Å². The summed E-state index contributed by atoms with van der Waals surface area (Å²) >= 11 is 0. The van der Waals surface area contributed by atoms with E-state index in [0.717, 1.165) is 0 Å². The van der Waals surface area contributed by atoms with Crippen LogP contribution in [-0.4, -0.2) is 51.1 Å². The van der Waals surface area contributed by atoms with Gasteiger partial charge in [0.25, 0.3) is 5.91 Å². The van der Waals surface area contributed by atoms with E-state index in [1.54, 1.807) is 32.0 Å². The summed E-state index contributed by atoms with van der Waals surface area (Å²) in [5.74, 6) is -0.152. The van der Waals surface area contributed by atoms with E-state index in [0.29, 0.717) is 30.3 Å². The number of nitrogens with one attached hydrogen (secondary N) is 1. The molecule has 2 aromatic rings. The van der Waals surface area contributed by atoms with Crippen LogP contribution in [0.1, 0.15) is 24.2 Å². The smallest absolute Gasteiger partial charge is 0.338 e. The summed E-state index contributed by atoms with van der Waals surface area (Å²) in [5, 5.41) is 2.60. The van der Waals surface area contributed by atoms with Crippen molar-refractivity contribution < 1.29 is 32.2 Å². The van der Waals surface area contributed by atoms with Crippen molar-refractivity contribution in [2.75, 3.05) is 31.8 Å². The number of amides is 1. The van der Waals surface area contributed by atoms with Gasteiger partial charge in [-0.2, -0.15) is 4.31 Å². The Bertz CT molecular complexity index is 1030. The lowest BCUT2D eigenvalue weighted by Gasteiger charge is -2.18. The van der Waals surface area contributed by atoms with Crippen LogP contribution in [0, 0.1) is 0 Å². The average Bonchev–Trinajstić information content (AvgIpc) is 3.20. The lowest BCUT2D eigenvalue weighted by Crippen LogP contribution is -2.30. The second-order valence-corrected chi connectivity index (χ2v) is 8.24. The van der Waals surface area contributed by atoms with Crippen LogP contribution in [-0.2, 0) is 19.6 Å². The molecule has 0 saturated heterocycles. The number of esters is 1. The summed E-state index contributed by atoms with van der Waals surface area (Å²) in [4.78, 5) is 24.3. The fourth-order valence-corrected chi connectivity index (χ4v) is 4.32. The number of carbonyl (C=O) groups excluding carboxylic acids is 2. The van der Waals surface area contributed by atoms with Gasteiger partial charge in [-0.25, -0.2) is 13.2 Å². The van der Waals surface area contributed by atoms with Gasteiger partial charge in [-0.15, -0.1) is 0 Å². The summed E-state index contributed by atoms with van der Waals surface area (Å²) < 4.78 is 41.7. The van der Waals surface area contributed by atoms with Crippen LogP contribution < -0.4 is 14.8 Å². The van der Waals surface area contributed by atoms with Gasteiger partial charge in [-0.1, -0.05) is 13.8 Å². The molecule has 2 aromatic carbocycles. The quantitative estimate of drug-likeness (QED) is 0.634. The summed E-state index contributed by atoms with van der Waals surface area (Å²) in [6, 6.07) is 10.3. The summed E-state index contributed by atoms with van der Waals surface area (Å²) in [6.07, 6.45) is 0. The number of ether oxygens (including phenoxy) is 3. The van der Waals surface area contributed by atoms with Gasteiger partial charge in [0.2, 0.25) is 16.8 Å². The Morgan fingerprint density at radius 3 is 2.37 bits per heavy atom. The first-order chi connectivity index (χ1) is 14.3. The van der Waals surface area contributed by atoms with Gasteiger partial charge in [0, 0.05) is 24.8 Å². The molecule has 1 amide bonds. The molecule has 0 spiro atoms. The highest BCUT2D eigenvalue weighted by molar-refractivity contribution is 7.89. The average molecular weight is 434 g/mol. The van der Waals surface area contributed by atoms with E-state index in [1.807, 2.05) is 0 Å². The largest absolute Gasteiger partial charge is 0.454 e. The molecule has 1 N–H and O–H groups in total. The van der Waals surface area contributed by atoms with Crippen LogP contribution in [0.15, 0.2) is 47.4 Å². The van der Waals surface area contributed by atoms with Crippen LogP contribution in [0.25, 0.3) is 0 Å². The molecule has 1 aliphatic rings. The molecular weight excluding hydrogens is 412 g/mol. The number of carbonyl (C=O) groups is 2. The molecule has 10 heteroatoms. The highest BCUT2D eigenvalue weighted by Gasteiger charge is 2.22. The molecule has 160 valence electrons. The first-order valence-corrected chi connectivity index (χ1v) is 10.8. The SMILES string of the molecule is CCN(CC)S(=O)(=O)c1ccc(C(=O)OCC(=O)Nc2ccc3c(c2)OCO3)cc1. The topological polar surface area (TPSA) is 111 Å². The van der Waals surface area contributed by atoms with Crippen molar-refractivity contribution >= 4 is 27.6 Å². The Morgan fingerprint density at radius 1 is 1.03 bits per heavy atom. The standard InChI is InChI=1S/C20H22N2O7S/c1-3-22(4-2)30(25,26)16-8-5-14(6-9-16)20(24)27-12-19(23)21-15-7-10-17-18(11-15)29-13-28-17/h5-11H,3-4,12-13H2,1-2H3,(H,21,23).